The molecule has 0 aromatic heterocycles. The molecule has 3 saturated heterocycles. The first-order chi connectivity index (χ1) is 10.1. The molecule has 3 aliphatic heterocycles. The fraction of sp³-hybridized carbons (Fsp3) is 0.500. The Morgan fingerprint density at radius 2 is 1.86 bits per heavy atom. The van der Waals surface area contributed by atoms with E-state index < -0.39 is 23.4 Å². The molecule has 1 atom stereocenters. The van der Waals surface area contributed by atoms with E-state index in [1.165, 1.54) is 6.07 Å². The number of nitrogens with zero attached hydrogens (tertiary/aromatic N) is 2. The Labute approximate surface area is 121 Å². The van der Waals surface area contributed by atoms with Gasteiger partial charge in [0.2, 0.25) is 0 Å². The molecule has 2 amide bonds. The lowest BCUT2D eigenvalue weighted by Crippen LogP contribution is -2.63. The summed E-state index contributed by atoms with van der Waals surface area (Å²) < 4.78 is 26.9. The quantitative estimate of drug-likeness (QED) is 0.878. The summed E-state index contributed by atoms with van der Waals surface area (Å²) >= 11 is 0. The summed E-state index contributed by atoms with van der Waals surface area (Å²) in [7, 11) is 0. The van der Waals surface area contributed by atoms with Gasteiger partial charge in [0.1, 0.15) is 17.3 Å². The number of hydrogen-bond acceptors (Lipinski definition) is 3. The van der Waals surface area contributed by atoms with E-state index in [0.717, 1.165) is 44.9 Å². The van der Waals surface area contributed by atoms with Crippen LogP contribution in [0.5, 0.6) is 0 Å². The molecular weight excluding hydrogens is 278 g/mol. The average molecular weight is 296 g/mol. The molecule has 1 aromatic rings. The Kier molecular flexibility index (Phi) is 4.03. The number of nitrogens with one attached hydrogen (secondary N) is 2. The first-order valence-corrected chi connectivity index (χ1v) is 7.09. The Balaban J connectivity index is 1.53. The predicted octanol–water partition coefficient (Wildman–Crippen LogP) is 1.09. The highest BCUT2D eigenvalue weighted by atomic mass is 19.1. The van der Waals surface area contributed by atoms with E-state index in [9.17, 15) is 13.6 Å². The maximum atomic E-state index is 13.4. The fourth-order valence-electron chi connectivity index (χ4n) is 2.90. The number of hydrogen-bond donors (Lipinski definition) is 2. The molecule has 1 unspecified atom stereocenters. The highest BCUT2D eigenvalue weighted by Gasteiger charge is 2.31. The average Bonchev–Trinajstić information content (AvgIpc) is 2.50. The molecule has 3 fully saturated rings. The zero-order valence-corrected chi connectivity index (χ0v) is 11.6. The third kappa shape index (κ3) is 3.14. The molecule has 3 aliphatic rings. The van der Waals surface area contributed by atoms with Crippen LogP contribution in [0.4, 0.5) is 19.3 Å². The number of piperazine rings is 3. The Bertz CT molecular complexity index is 511. The van der Waals surface area contributed by atoms with E-state index in [1.54, 1.807) is 0 Å². The number of para-hydroxylation sites is 1. The van der Waals surface area contributed by atoms with Gasteiger partial charge < -0.3 is 10.6 Å². The van der Waals surface area contributed by atoms with Crippen molar-refractivity contribution in [1.82, 2.24) is 15.1 Å². The summed E-state index contributed by atoms with van der Waals surface area (Å²) in [6.07, 6.45) is 0. The van der Waals surface area contributed by atoms with Crippen LogP contribution in [0.15, 0.2) is 18.2 Å². The third-order valence-corrected chi connectivity index (χ3v) is 4.09. The fourth-order valence-corrected chi connectivity index (χ4v) is 2.90. The predicted molar refractivity (Wildman–Crippen MR) is 75.2 cm³/mol. The molecule has 3 heterocycles. The van der Waals surface area contributed by atoms with Crippen molar-refractivity contribution in [3.8, 4) is 0 Å². The van der Waals surface area contributed by atoms with Crippen molar-refractivity contribution in [2.45, 2.75) is 6.04 Å². The van der Waals surface area contributed by atoms with E-state index in [4.69, 9.17) is 0 Å². The van der Waals surface area contributed by atoms with Crippen LogP contribution < -0.4 is 10.6 Å². The zero-order valence-electron chi connectivity index (χ0n) is 11.6. The van der Waals surface area contributed by atoms with Gasteiger partial charge in [-0.3, -0.25) is 9.80 Å². The van der Waals surface area contributed by atoms with Gasteiger partial charge in [0.15, 0.2) is 0 Å². The standard InChI is InChI=1S/C14H18F2N4O/c15-11-2-1-3-12(16)13(11)18-14(21)17-8-10-9-19-4-6-20(10)7-5-19/h1-3,10H,4-9H2,(H2,17,18,21). The van der Waals surface area contributed by atoms with Gasteiger partial charge in [0, 0.05) is 45.3 Å². The van der Waals surface area contributed by atoms with Crippen LogP contribution >= 0.6 is 0 Å². The number of rotatable bonds is 3. The number of fused-ring (bicyclic) bond motifs is 3. The number of urea groups is 1. The van der Waals surface area contributed by atoms with Crippen molar-refractivity contribution >= 4 is 11.7 Å². The Morgan fingerprint density at radius 3 is 2.43 bits per heavy atom. The minimum Gasteiger partial charge on any atom is -0.336 e. The van der Waals surface area contributed by atoms with Gasteiger partial charge in [0.25, 0.3) is 0 Å². The van der Waals surface area contributed by atoms with E-state index in [1.807, 2.05) is 0 Å². The summed E-state index contributed by atoms with van der Waals surface area (Å²) in [5.41, 5.74) is -0.413. The minimum absolute atomic E-state index is 0.267. The van der Waals surface area contributed by atoms with Crippen LogP contribution in [0.1, 0.15) is 0 Å². The number of carbonyl (C=O) groups excluding carboxylic acids is 1. The summed E-state index contributed by atoms with van der Waals surface area (Å²) in [5, 5.41) is 4.92. The van der Waals surface area contributed by atoms with Crippen molar-refractivity contribution < 1.29 is 13.6 Å². The van der Waals surface area contributed by atoms with Crippen molar-refractivity contribution in [1.29, 1.82) is 0 Å². The van der Waals surface area contributed by atoms with Gasteiger partial charge in [-0.1, -0.05) is 6.07 Å². The normalized spacial score (nSPS) is 27.4. The van der Waals surface area contributed by atoms with E-state index in [2.05, 4.69) is 20.4 Å². The maximum Gasteiger partial charge on any atom is 0.319 e. The van der Waals surface area contributed by atoms with Crippen LogP contribution in [0.2, 0.25) is 0 Å². The number of benzene rings is 1. The van der Waals surface area contributed by atoms with Crippen LogP contribution in [-0.2, 0) is 0 Å². The van der Waals surface area contributed by atoms with Crippen molar-refractivity contribution in [2.75, 3.05) is 44.6 Å². The molecule has 114 valence electrons. The largest absolute Gasteiger partial charge is 0.336 e. The molecule has 21 heavy (non-hydrogen) atoms. The number of amides is 2. The van der Waals surface area contributed by atoms with Gasteiger partial charge in [-0.25, -0.2) is 13.6 Å². The van der Waals surface area contributed by atoms with Crippen LogP contribution in [0, 0.1) is 11.6 Å². The van der Waals surface area contributed by atoms with Gasteiger partial charge >= 0.3 is 6.03 Å². The molecule has 2 bridgehead atoms. The zero-order chi connectivity index (χ0) is 14.8. The lowest BCUT2D eigenvalue weighted by Gasteiger charge is -2.47. The van der Waals surface area contributed by atoms with Crippen LogP contribution in [0.25, 0.3) is 0 Å². The van der Waals surface area contributed by atoms with E-state index >= 15 is 0 Å². The number of halogens is 2. The molecule has 4 rings (SSSR count). The molecule has 0 spiro atoms. The van der Waals surface area contributed by atoms with Crippen LogP contribution in [0.3, 0.4) is 0 Å². The monoisotopic (exact) mass is 296 g/mol. The smallest absolute Gasteiger partial charge is 0.319 e. The van der Waals surface area contributed by atoms with Gasteiger partial charge in [-0.05, 0) is 12.1 Å². The molecule has 7 heteroatoms. The Hall–Kier alpha value is -1.73. The van der Waals surface area contributed by atoms with Crippen molar-refractivity contribution in [3.63, 3.8) is 0 Å². The van der Waals surface area contributed by atoms with Gasteiger partial charge in [0.05, 0.1) is 0 Å². The minimum atomic E-state index is -0.781. The van der Waals surface area contributed by atoms with Gasteiger partial charge in [-0.2, -0.15) is 0 Å². The van der Waals surface area contributed by atoms with Gasteiger partial charge in [-0.15, -0.1) is 0 Å². The second-order valence-corrected chi connectivity index (χ2v) is 5.42. The SMILES string of the molecule is O=C(NCC1CN2CCN1CC2)Nc1c(F)cccc1F. The van der Waals surface area contributed by atoms with Crippen molar-refractivity contribution in [2.24, 2.45) is 0 Å². The second-order valence-electron chi connectivity index (χ2n) is 5.42. The third-order valence-electron chi connectivity index (χ3n) is 4.09. The van der Waals surface area contributed by atoms with Crippen molar-refractivity contribution in [3.05, 3.63) is 29.8 Å². The topological polar surface area (TPSA) is 47.6 Å². The van der Waals surface area contributed by atoms with E-state index in [0.29, 0.717) is 6.54 Å². The number of carbonyl (C=O) groups is 1. The molecular formula is C14H18F2N4O. The first kappa shape index (κ1) is 14.2. The first-order valence-electron chi connectivity index (χ1n) is 7.09. The lowest BCUT2D eigenvalue weighted by atomic mass is 10.1. The number of anilines is 1. The molecule has 0 radical (unpaired) electrons. The molecule has 5 nitrogen and oxygen atoms in total. The molecule has 2 N–H and O–H groups in total. The summed E-state index contributed by atoms with van der Waals surface area (Å²) in [6, 6.07) is 3.16. The Morgan fingerprint density at radius 1 is 1.19 bits per heavy atom. The molecule has 0 aliphatic carbocycles. The summed E-state index contributed by atoms with van der Waals surface area (Å²) in [5.74, 6) is -1.56. The second kappa shape index (κ2) is 5.95. The van der Waals surface area contributed by atoms with E-state index in [-0.39, 0.29) is 6.04 Å². The summed E-state index contributed by atoms with van der Waals surface area (Å²) in [6.45, 7) is 5.56. The summed E-state index contributed by atoms with van der Waals surface area (Å²) in [4.78, 5) is 16.5. The molecule has 1 aromatic carbocycles. The maximum absolute atomic E-state index is 13.4. The lowest BCUT2D eigenvalue weighted by molar-refractivity contribution is 0.0149. The highest BCUT2D eigenvalue weighted by molar-refractivity contribution is 5.89. The molecule has 0 saturated carbocycles. The highest BCUT2D eigenvalue weighted by Crippen LogP contribution is 2.18. The van der Waals surface area contributed by atoms with Crippen LogP contribution in [-0.4, -0.2) is 61.1 Å².